The first-order valence-corrected chi connectivity index (χ1v) is 7.16. The third kappa shape index (κ3) is 4.30. The Labute approximate surface area is 129 Å². The van der Waals surface area contributed by atoms with Gasteiger partial charge in [0.15, 0.2) is 13.1 Å². The molecule has 1 N–H and O–H groups in total. The molecule has 22 heavy (non-hydrogen) atoms. The Morgan fingerprint density at radius 2 is 2.05 bits per heavy atom. The number of aliphatic hydroxyl groups is 1. The average Bonchev–Trinajstić information content (AvgIpc) is 2.55. The highest BCUT2D eigenvalue weighted by atomic mass is 16.6. The summed E-state index contributed by atoms with van der Waals surface area (Å²) >= 11 is 0. The molecule has 0 saturated carbocycles. The van der Waals surface area contributed by atoms with Crippen LogP contribution in [-0.4, -0.2) is 29.8 Å². The Hall–Kier alpha value is -2.40. The van der Waals surface area contributed by atoms with Crippen molar-refractivity contribution in [2.24, 2.45) is 0 Å². The van der Waals surface area contributed by atoms with E-state index >= 15 is 0 Å². The van der Waals surface area contributed by atoms with Crippen molar-refractivity contribution in [1.29, 1.82) is 0 Å². The van der Waals surface area contributed by atoms with Gasteiger partial charge in [-0.25, -0.2) is 0 Å². The smallest absolute Gasteiger partial charge is 0.186 e. The number of pyridine rings is 1. The molecule has 5 heteroatoms. The Bertz CT molecular complexity index is 611. The maximum absolute atomic E-state index is 10.9. The zero-order valence-corrected chi connectivity index (χ0v) is 12.5. The molecule has 1 aromatic heterocycles. The van der Waals surface area contributed by atoms with Crippen molar-refractivity contribution in [3.8, 4) is 11.5 Å². The number of nitrogens with zero attached hydrogens (tertiary/aromatic N) is 1. The van der Waals surface area contributed by atoms with Crippen molar-refractivity contribution >= 4 is 6.29 Å². The summed E-state index contributed by atoms with van der Waals surface area (Å²) in [6.07, 6.45) is 3.96. The highest BCUT2D eigenvalue weighted by Gasteiger charge is 2.05. The number of aryl methyl sites for hydroxylation is 2. The van der Waals surface area contributed by atoms with Crippen molar-refractivity contribution in [2.45, 2.75) is 19.8 Å². The number of aldehydes is 1. The predicted molar refractivity (Wildman–Crippen MR) is 82.4 cm³/mol. The second-order valence-corrected chi connectivity index (χ2v) is 4.68. The number of rotatable bonds is 8. The lowest BCUT2D eigenvalue weighted by Gasteiger charge is -2.08. The van der Waals surface area contributed by atoms with Crippen LogP contribution in [0.2, 0.25) is 0 Å². The molecular weight excluding hydrogens is 282 g/mol. The maximum Gasteiger partial charge on any atom is 0.186 e. The van der Waals surface area contributed by atoms with Crippen molar-refractivity contribution in [3.63, 3.8) is 0 Å². The normalized spacial score (nSPS) is 10.3. The molecule has 1 heterocycles. The van der Waals surface area contributed by atoms with E-state index in [1.807, 2.05) is 25.1 Å². The van der Waals surface area contributed by atoms with Crippen LogP contribution in [0.25, 0.3) is 0 Å². The summed E-state index contributed by atoms with van der Waals surface area (Å²) in [5.41, 5.74) is 2.41. The molecule has 0 bridgehead atoms. The minimum Gasteiger partial charge on any atom is -0.492 e. The number of carbonyl (C=O) groups excluding carboxylic acids is 1. The Balaban J connectivity index is 2.01. The summed E-state index contributed by atoms with van der Waals surface area (Å²) in [5.74, 6) is 1.16. The number of carbonyl (C=O) groups is 1. The maximum atomic E-state index is 10.9. The monoisotopic (exact) mass is 301 g/mol. The first-order valence-electron chi connectivity index (χ1n) is 7.16. The summed E-state index contributed by atoms with van der Waals surface area (Å²) in [5, 5.41) is 8.85. The molecule has 0 saturated heterocycles. The van der Waals surface area contributed by atoms with Crippen molar-refractivity contribution in [1.82, 2.24) is 4.98 Å². The SMILES string of the molecule is CCOc1ccc(CCc2ccc(C=O)c(OCO)c2)nc1. The minimum absolute atomic E-state index is 0.398. The molecule has 0 atom stereocenters. The third-order valence-corrected chi connectivity index (χ3v) is 3.20. The van der Waals surface area contributed by atoms with Gasteiger partial charge in [-0.05, 0) is 49.6 Å². The second-order valence-electron chi connectivity index (χ2n) is 4.68. The zero-order chi connectivity index (χ0) is 15.8. The first kappa shape index (κ1) is 16.0. The van der Waals surface area contributed by atoms with Crippen LogP contribution in [0.15, 0.2) is 36.5 Å². The number of hydrogen-bond donors (Lipinski definition) is 1. The quantitative estimate of drug-likeness (QED) is 0.599. The summed E-state index contributed by atoms with van der Waals surface area (Å²) in [4.78, 5) is 15.2. The van der Waals surface area contributed by atoms with E-state index in [9.17, 15) is 4.79 Å². The van der Waals surface area contributed by atoms with Crippen molar-refractivity contribution in [2.75, 3.05) is 13.4 Å². The topological polar surface area (TPSA) is 68.7 Å². The number of aromatic nitrogens is 1. The number of aliphatic hydroxyl groups excluding tert-OH is 1. The van der Waals surface area contributed by atoms with E-state index in [-0.39, 0.29) is 0 Å². The molecule has 1 aromatic carbocycles. The largest absolute Gasteiger partial charge is 0.492 e. The fourth-order valence-corrected chi connectivity index (χ4v) is 2.11. The van der Waals surface area contributed by atoms with E-state index in [1.54, 1.807) is 18.3 Å². The van der Waals surface area contributed by atoms with Crippen LogP contribution in [0.5, 0.6) is 11.5 Å². The highest BCUT2D eigenvalue weighted by Crippen LogP contribution is 2.20. The van der Waals surface area contributed by atoms with Crippen LogP contribution in [-0.2, 0) is 12.8 Å². The number of hydrogen-bond acceptors (Lipinski definition) is 5. The van der Waals surface area contributed by atoms with E-state index in [2.05, 4.69) is 4.98 Å². The average molecular weight is 301 g/mol. The molecule has 0 radical (unpaired) electrons. The van der Waals surface area contributed by atoms with Gasteiger partial charge in [0.2, 0.25) is 0 Å². The molecule has 0 aliphatic heterocycles. The molecule has 0 aliphatic carbocycles. The van der Waals surface area contributed by atoms with Gasteiger partial charge in [-0.1, -0.05) is 6.07 Å². The molecule has 2 aromatic rings. The van der Waals surface area contributed by atoms with E-state index < -0.39 is 6.79 Å². The highest BCUT2D eigenvalue weighted by molar-refractivity contribution is 5.79. The van der Waals surface area contributed by atoms with Gasteiger partial charge in [0.1, 0.15) is 11.5 Å². The van der Waals surface area contributed by atoms with Crippen molar-refractivity contribution in [3.05, 3.63) is 53.3 Å². The summed E-state index contributed by atoms with van der Waals surface area (Å²) < 4.78 is 10.4. The van der Waals surface area contributed by atoms with Crippen molar-refractivity contribution < 1.29 is 19.4 Å². The molecule has 0 amide bonds. The number of ether oxygens (including phenoxy) is 2. The fourth-order valence-electron chi connectivity index (χ4n) is 2.11. The van der Waals surface area contributed by atoms with Gasteiger partial charge >= 0.3 is 0 Å². The molecular formula is C17H19NO4. The van der Waals surface area contributed by atoms with Gasteiger partial charge in [-0.2, -0.15) is 0 Å². The minimum atomic E-state index is -0.454. The van der Waals surface area contributed by atoms with Crippen LogP contribution in [0.1, 0.15) is 28.5 Å². The summed E-state index contributed by atoms with van der Waals surface area (Å²) in [6, 6.07) is 9.19. The first-order chi connectivity index (χ1) is 10.8. The lowest BCUT2D eigenvalue weighted by atomic mass is 10.1. The molecule has 0 spiro atoms. The molecule has 0 aliphatic rings. The van der Waals surface area contributed by atoms with Gasteiger partial charge in [-0.15, -0.1) is 0 Å². The van der Waals surface area contributed by atoms with Gasteiger partial charge < -0.3 is 14.6 Å². The van der Waals surface area contributed by atoms with Crippen LogP contribution in [0.4, 0.5) is 0 Å². The van der Waals surface area contributed by atoms with Gasteiger partial charge in [0.05, 0.1) is 18.4 Å². The van der Waals surface area contributed by atoms with Crippen LogP contribution in [0.3, 0.4) is 0 Å². The van der Waals surface area contributed by atoms with E-state index in [4.69, 9.17) is 14.6 Å². The Morgan fingerprint density at radius 3 is 2.68 bits per heavy atom. The standard InChI is InChI=1S/C17H19NO4/c1-2-21-16-8-7-15(18-10-16)6-4-13-3-5-14(11-19)17(9-13)22-12-20/h3,5,7-11,20H,2,4,6,12H2,1H3. The van der Waals surface area contributed by atoms with E-state index in [1.165, 1.54) is 0 Å². The van der Waals surface area contributed by atoms with E-state index in [0.717, 1.165) is 29.8 Å². The molecule has 5 nitrogen and oxygen atoms in total. The Morgan fingerprint density at radius 1 is 1.18 bits per heavy atom. The summed E-state index contributed by atoms with van der Waals surface area (Å²) in [6.45, 7) is 2.10. The van der Waals surface area contributed by atoms with E-state index in [0.29, 0.717) is 24.2 Å². The second kappa shape index (κ2) is 8.14. The molecule has 2 rings (SSSR count). The molecule has 116 valence electrons. The lowest BCUT2D eigenvalue weighted by molar-refractivity contribution is 0.0958. The van der Waals surface area contributed by atoms with Crippen LogP contribution >= 0.6 is 0 Å². The van der Waals surface area contributed by atoms with Crippen LogP contribution in [0, 0.1) is 0 Å². The molecule has 0 unspecified atom stereocenters. The Kier molecular flexibility index (Phi) is 5.91. The van der Waals surface area contributed by atoms with Gasteiger partial charge in [-0.3, -0.25) is 9.78 Å². The number of benzene rings is 1. The lowest BCUT2D eigenvalue weighted by Crippen LogP contribution is -2.01. The third-order valence-electron chi connectivity index (χ3n) is 3.20. The molecule has 0 fully saturated rings. The summed E-state index contributed by atoms with van der Waals surface area (Å²) in [7, 11) is 0. The van der Waals surface area contributed by atoms with Gasteiger partial charge in [0, 0.05) is 5.69 Å². The fraction of sp³-hybridized carbons (Fsp3) is 0.294. The van der Waals surface area contributed by atoms with Crippen LogP contribution < -0.4 is 9.47 Å². The zero-order valence-electron chi connectivity index (χ0n) is 12.5. The van der Waals surface area contributed by atoms with Gasteiger partial charge in [0.25, 0.3) is 0 Å². The predicted octanol–water partition coefficient (Wildman–Crippen LogP) is 2.41.